The third-order valence-electron chi connectivity index (χ3n) is 5.11. The topological polar surface area (TPSA) is 73.9 Å². The van der Waals surface area contributed by atoms with E-state index < -0.39 is 6.17 Å². The third-order valence-corrected chi connectivity index (χ3v) is 5.11. The maximum Gasteiger partial charge on any atom is 0.254 e. The number of nitrogens with one attached hydrogen (secondary N) is 2. The number of anilines is 2. The number of H-pyrrole nitrogens is 1. The Morgan fingerprint density at radius 3 is 3.00 bits per heavy atom. The molecule has 1 atom stereocenters. The number of aromatic nitrogens is 3. The van der Waals surface area contributed by atoms with Gasteiger partial charge in [-0.1, -0.05) is 18.2 Å². The molecule has 0 bridgehead atoms. The predicted molar refractivity (Wildman–Crippen MR) is 107 cm³/mol. The Bertz CT molecular complexity index is 1190. The second-order valence-corrected chi connectivity index (χ2v) is 6.98. The van der Waals surface area contributed by atoms with Crippen LogP contribution in [0.2, 0.25) is 0 Å². The first-order valence-corrected chi connectivity index (χ1v) is 9.21. The van der Waals surface area contributed by atoms with Gasteiger partial charge in [0.25, 0.3) is 5.91 Å². The van der Waals surface area contributed by atoms with Gasteiger partial charge in [0, 0.05) is 24.0 Å². The first-order chi connectivity index (χ1) is 13.7. The summed E-state index contributed by atoms with van der Waals surface area (Å²) in [6.45, 7) is 0.642. The predicted octanol–water partition coefficient (Wildman–Crippen LogP) is 4.04. The molecule has 4 aromatic rings. The molecule has 2 N–H and O–H groups in total. The Hall–Kier alpha value is -3.48. The fourth-order valence-corrected chi connectivity index (χ4v) is 3.70. The largest absolute Gasteiger partial charge is 0.337 e. The van der Waals surface area contributed by atoms with E-state index in [0.29, 0.717) is 24.3 Å². The van der Waals surface area contributed by atoms with Crippen LogP contribution in [0.15, 0.2) is 54.7 Å². The Kier molecular flexibility index (Phi) is 3.93. The number of rotatable bonds is 3. The number of nitrogens with zero attached hydrogens (tertiary/aromatic N) is 3. The molecule has 2 aromatic heterocycles. The number of likely N-dealkylation sites (tertiary alicyclic amines) is 1. The van der Waals surface area contributed by atoms with Crippen LogP contribution in [0, 0.1) is 0 Å². The molecule has 28 heavy (non-hydrogen) atoms. The number of benzene rings is 2. The standard InChI is InChI=1S/C21H18FN5O/c22-14-8-10-27(12-14)21(28)17-4-1-3-13-11-15(6-7-16(13)17)24-20-19-18(25-26-20)5-2-9-23-19/h1-7,9,11,14H,8,10,12H2,(H2,24,25,26)/t14-/m0/s1. The van der Waals surface area contributed by atoms with Crippen LogP contribution in [0.25, 0.3) is 21.8 Å². The van der Waals surface area contributed by atoms with Gasteiger partial charge in [0.15, 0.2) is 5.82 Å². The summed E-state index contributed by atoms with van der Waals surface area (Å²) in [4.78, 5) is 18.8. The summed E-state index contributed by atoms with van der Waals surface area (Å²) < 4.78 is 13.5. The molecule has 1 aliphatic rings. The van der Waals surface area contributed by atoms with Crippen molar-refractivity contribution in [3.8, 4) is 0 Å². The highest BCUT2D eigenvalue weighted by Gasteiger charge is 2.27. The van der Waals surface area contributed by atoms with Crippen LogP contribution in [0.4, 0.5) is 15.9 Å². The summed E-state index contributed by atoms with van der Waals surface area (Å²) in [7, 11) is 0. The molecule has 6 nitrogen and oxygen atoms in total. The minimum Gasteiger partial charge on any atom is -0.337 e. The van der Waals surface area contributed by atoms with E-state index in [0.717, 1.165) is 27.5 Å². The zero-order valence-electron chi connectivity index (χ0n) is 15.0. The van der Waals surface area contributed by atoms with Crippen LogP contribution in [-0.2, 0) is 0 Å². The Balaban J connectivity index is 1.48. The van der Waals surface area contributed by atoms with Crippen LogP contribution in [0.3, 0.4) is 0 Å². The van der Waals surface area contributed by atoms with Crippen molar-refractivity contribution in [2.45, 2.75) is 12.6 Å². The maximum atomic E-state index is 13.5. The number of carbonyl (C=O) groups excluding carboxylic acids is 1. The van der Waals surface area contributed by atoms with Crippen LogP contribution in [-0.4, -0.2) is 45.2 Å². The van der Waals surface area contributed by atoms with Crippen LogP contribution >= 0.6 is 0 Å². The van der Waals surface area contributed by atoms with Crippen molar-refractivity contribution < 1.29 is 9.18 Å². The number of aromatic amines is 1. The minimum absolute atomic E-state index is 0.117. The third kappa shape index (κ3) is 2.85. The number of hydrogen-bond donors (Lipinski definition) is 2. The van der Waals surface area contributed by atoms with Crippen molar-refractivity contribution in [3.63, 3.8) is 0 Å². The summed E-state index contributed by atoms with van der Waals surface area (Å²) in [6.07, 6.45) is 1.21. The van der Waals surface area contributed by atoms with E-state index in [1.165, 1.54) is 0 Å². The van der Waals surface area contributed by atoms with Crippen LogP contribution < -0.4 is 5.32 Å². The van der Waals surface area contributed by atoms with Gasteiger partial charge in [0.2, 0.25) is 0 Å². The number of carbonyl (C=O) groups is 1. The Morgan fingerprint density at radius 1 is 1.21 bits per heavy atom. The van der Waals surface area contributed by atoms with Gasteiger partial charge >= 0.3 is 0 Å². The molecule has 0 unspecified atom stereocenters. The second kappa shape index (κ2) is 6.60. The van der Waals surface area contributed by atoms with Gasteiger partial charge in [-0.2, -0.15) is 5.10 Å². The highest BCUT2D eigenvalue weighted by atomic mass is 19.1. The molecule has 140 valence electrons. The van der Waals surface area contributed by atoms with E-state index in [-0.39, 0.29) is 12.5 Å². The molecule has 0 saturated carbocycles. The molecule has 5 rings (SSSR count). The first kappa shape index (κ1) is 16.7. The molecule has 1 amide bonds. The quantitative estimate of drug-likeness (QED) is 0.567. The van der Waals surface area contributed by atoms with Gasteiger partial charge in [-0.15, -0.1) is 0 Å². The van der Waals surface area contributed by atoms with E-state index in [9.17, 15) is 9.18 Å². The van der Waals surface area contributed by atoms with Gasteiger partial charge in [0.05, 0.1) is 12.1 Å². The molecule has 1 fully saturated rings. The number of fused-ring (bicyclic) bond motifs is 2. The second-order valence-electron chi connectivity index (χ2n) is 6.98. The molecular weight excluding hydrogens is 357 g/mol. The van der Waals surface area contributed by atoms with E-state index in [1.54, 1.807) is 17.2 Å². The number of pyridine rings is 1. The minimum atomic E-state index is -0.924. The molecule has 3 heterocycles. The van der Waals surface area contributed by atoms with Crippen molar-refractivity contribution in [2.24, 2.45) is 0 Å². The van der Waals surface area contributed by atoms with Gasteiger partial charge in [-0.3, -0.25) is 14.9 Å². The van der Waals surface area contributed by atoms with Crippen molar-refractivity contribution in [1.82, 2.24) is 20.1 Å². The lowest BCUT2D eigenvalue weighted by Crippen LogP contribution is -2.29. The summed E-state index contributed by atoms with van der Waals surface area (Å²) in [6, 6.07) is 15.2. The molecule has 0 aliphatic carbocycles. The van der Waals surface area contributed by atoms with Crippen molar-refractivity contribution in [3.05, 3.63) is 60.3 Å². The van der Waals surface area contributed by atoms with Crippen molar-refractivity contribution >= 4 is 39.2 Å². The summed E-state index contributed by atoms with van der Waals surface area (Å²) >= 11 is 0. The SMILES string of the molecule is O=C(c1cccc2cc(Nc3n[nH]c4cccnc34)ccc12)N1CC[C@H](F)C1. The van der Waals surface area contributed by atoms with E-state index >= 15 is 0 Å². The molecule has 0 radical (unpaired) electrons. The summed E-state index contributed by atoms with van der Waals surface area (Å²) in [5, 5.41) is 12.3. The van der Waals surface area contributed by atoms with Gasteiger partial charge in [-0.05, 0) is 47.5 Å². The molecule has 2 aromatic carbocycles. The zero-order chi connectivity index (χ0) is 19.1. The lowest BCUT2D eigenvalue weighted by Gasteiger charge is -2.17. The maximum absolute atomic E-state index is 13.5. The van der Waals surface area contributed by atoms with Crippen molar-refractivity contribution in [1.29, 1.82) is 0 Å². The molecule has 0 spiro atoms. The first-order valence-electron chi connectivity index (χ1n) is 9.21. The number of halogens is 1. The van der Waals surface area contributed by atoms with E-state index in [2.05, 4.69) is 20.5 Å². The summed E-state index contributed by atoms with van der Waals surface area (Å²) in [5.41, 5.74) is 3.07. The number of hydrogen-bond acceptors (Lipinski definition) is 4. The molecule has 1 saturated heterocycles. The van der Waals surface area contributed by atoms with E-state index in [4.69, 9.17) is 0 Å². The fraction of sp³-hybridized carbons (Fsp3) is 0.190. The Labute approximate surface area is 160 Å². The van der Waals surface area contributed by atoms with Gasteiger partial charge < -0.3 is 10.2 Å². The highest BCUT2D eigenvalue weighted by molar-refractivity contribution is 6.07. The van der Waals surface area contributed by atoms with E-state index in [1.807, 2.05) is 42.5 Å². The Morgan fingerprint density at radius 2 is 2.14 bits per heavy atom. The fourth-order valence-electron chi connectivity index (χ4n) is 3.70. The molecule has 7 heteroatoms. The normalized spacial score (nSPS) is 16.8. The number of amides is 1. The van der Waals surface area contributed by atoms with Crippen LogP contribution in [0.1, 0.15) is 16.8 Å². The summed E-state index contributed by atoms with van der Waals surface area (Å²) in [5.74, 6) is 0.530. The molecule has 1 aliphatic heterocycles. The average Bonchev–Trinajstić information content (AvgIpc) is 3.33. The lowest BCUT2D eigenvalue weighted by molar-refractivity contribution is 0.0785. The van der Waals surface area contributed by atoms with Crippen molar-refractivity contribution in [2.75, 3.05) is 18.4 Å². The lowest BCUT2D eigenvalue weighted by atomic mass is 10.0. The monoisotopic (exact) mass is 375 g/mol. The highest BCUT2D eigenvalue weighted by Crippen LogP contribution is 2.28. The average molecular weight is 375 g/mol. The number of alkyl halides is 1. The van der Waals surface area contributed by atoms with Gasteiger partial charge in [-0.25, -0.2) is 4.39 Å². The molecular formula is C21H18FN5O. The van der Waals surface area contributed by atoms with Gasteiger partial charge in [0.1, 0.15) is 11.7 Å². The zero-order valence-corrected chi connectivity index (χ0v) is 15.0. The van der Waals surface area contributed by atoms with Crippen LogP contribution in [0.5, 0.6) is 0 Å². The smallest absolute Gasteiger partial charge is 0.254 e.